The molecule has 0 aliphatic heterocycles. The lowest BCUT2D eigenvalue weighted by atomic mass is 10.1. The van der Waals surface area contributed by atoms with Crippen molar-refractivity contribution >= 4 is 11.9 Å². The molecule has 0 radical (unpaired) electrons. The van der Waals surface area contributed by atoms with Crippen LogP contribution in [0.15, 0.2) is 48.5 Å². The standard InChI is InChI=1S/C27H36O5/c1-3-4-5-6-7-8-9-10-11-12-26(29)31-24-17-19-25(20-18-24)32-27(30)23-15-13-22(14-16-23)21(2)28/h13-21,28H,3-12H2,1-2H3. The molecule has 5 nitrogen and oxygen atoms in total. The van der Waals surface area contributed by atoms with Crippen LogP contribution in [0, 0.1) is 0 Å². The number of aliphatic hydroxyl groups excluding tert-OH is 1. The van der Waals surface area contributed by atoms with E-state index in [-0.39, 0.29) is 5.97 Å². The lowest BCUT2D eigenvalue weighted by Gasteiger charge is -2.08. The molecule has 2 aromatic carbocycles. The van der Waals surface area contributed by atoms with E-state index in [1.165, 1.54) is 44.9 Å². The Kier molecular flexibility index (Phi) is 11.5. The van der Waals surface area contributed by atoms with Crippen molar-refractivity contribution in [3.8, 4) is 11.5 Å². The first-order valence-corrected chi connectivity index (χ1v) is 11.8. The minimum Gasteiger partial charge on any atom is -0.427 e. The van der Waals surface area contributed by atoms with Crippen LogP contribution in [0.4, 0.5) is 0 Å². The van der Waals surface area contributed by atoms with E-state index in [9.17, 15) is 14.7 Å². The maximum Gasteiger partial charge on any atom is 0.343 e. The summed E-state index contributed by atoms with van der Waals surface area (Å²) in [5.74, 6) is 0.0773. The quantitative estimate of drug-likeness (QED) is 0.199. The molecule has 1 atom stereocenters. The van der Waals surface area contributed by atoms with Gasteiger partial charge >= 0.3 is 11.9 Å². The molecule has 5 heteroatoms. The van der Waals surface area contributed by atoms with E-state index in [2.05, 4.69) is 6.92 Å². The van der Waals surface area contributed by atoms with Crippen molar-refractivity contribution in [1.82, 2.24) is 0 Å². The lowest BCUT2D eigenvalue weighted by Crippen LogP contribution is -2.09. The lowest BCUT2D eigenvalue weighted by molar-refractivity contribution is -0.134. The number of esters is 2. The largest absolute Gasteiger partial charge is 0.427 e. The van der Waals surface area contributed by atoms with Crippen LogP contribution >= 0.6 is 0 Å². The van der Waals surface area contributed by atoms with Crippen LogP contribution < -0.4 is 9.47 Å². The number of ether oxygens (including phenoxy) is 2. The predicted molar refractivity (Wildman–Crippen MR) is 126 cm³/mol. The minimum atomic E-state index is -0.587. The highest BCUT2D eigenvalue weighted by Gasteiger charge is 2.11. The fourth-order valence-corrected chi connectivity index (χ4v) is 3.40. The molecule has 1 unspecified atom stereocenters. The van der Waals surface area contributed by atoms with Crippen LogP contribution in [-0.2, 0) is 4.79 Å². The Bertz CT molecular complexity index is 809. The van der Waals surface area contributed by atoms with Crippen LogP contribution in [0.1, 0.15) is 100 Å². The summed E-state index contributed by atoms with van der Waals surface area (Å²) >= 11 is 0. The Hall–Kier alpha value is -2.66. The van der Waals surface area contributed by atoms with E-state index in [0.29, 0.717) is 23.5 Å². The van der Waals surface area contributed by atoms with Gasteiger partial charge in [-0.2, -0.15) is 0 Å². The van der Waals surface area contributed by atoms with Gasteiger partial charge in [0.2, 0.25) is 0 Å². The monoisotopic (exact) mass is 440 g/mol. The van der Waals surface area contributed by atoms with E-state index < -0.39 is 12.1 Å². The number of aliphatic hydroxyl groups is 1. The van der Waals surface area contributed by atoms with Gasteiger partial charge < -0.3 is 14.6 Å². The van der Waals surface area contributed by atoms with Gasteiger partial charge in [0.25, 0.3) is 0 Å². The van der Waals surface area contributed by atoms with E-state index in [0.717, 1.165) is 18.4 Å². The third-order valence-corrected chi connectivity index (χ3v) is 5.38. The smallest absolute Gasteiger partial charge is 0.343 e. The zero-order valence-electron chi connectivity index (χ0n) is 19.3. The third-order valence-electron chi connectivity index (χ3n) is 5.38. The summed E-state index contributed by atoms with van der Waals surface area (Å²) in [5, 5.41) is 9.54. The van der Waals surface area contributed by atoms with E-state index in [1.807, 2.05) is 0 Å². The summed E-state index contributed by atoms with van der Waals surface area (Å²) in [4.78, 5) is 24.3. The van der Waals surface area contributed by atoms with Crippen molar-refractivity contribution in [2.45, 2.75) is 84.2 Å². The average Bonchev–Trinajstić information content (AvgIpc) is 2.79. The highest BCUT2D eigenvalue weighted by Crippen LogP contribution is 2.20. The van der Waals surface area contributed by atoms with Crippen LogP contribution in [0.2, 0.25) is 0 Å². The molecule has 0 heterocycles. The highest BCUT2D eigenvalue weighted by molar-refractivity contribution is 5.91. The van der Waals surface area contributed by atoms with Gasteiger partial charge in [-0.1, -0.05) is 70.4 Å². The Morgan fingerprint density at radius 1 is 0.750 bits per heavy atom. The van der Waals surface area contributed by atoms with Crippen LogP contribution in [0.25, 0.3) is 0 Å². The SMILES string of the molecule is CCCCCCCCCCCC(=O)Oc1ccc(OC(=O)c2ccc(C(C)O)cc2)cc1. The zero-order chi connectivity index (χ0) is 23.2. The number of unbranched alkanes of at least 4 members (excludes halogenated alkanes) is 8. The predicted octanol–water partition coefficient (Wildman–Crippen LogP) is 6.79. The Morgan fingerprint density at radius 2 is 1.25 bits per heavy atom. The Labute approximate surface area is 191 Å². The molecule has 2 aromatic rings. The van der Waals surface area contributed by atoms with Crippen molar-refractivity contribution < 1.29 is 24.2 Å². The summed E-state index contributed by atoms with van der Waals surface area (Å²) in [7, 11) is 0. The van der Waals surface area contributed by atoms with Crippen molar-refractivity contribution in [1.29, 1.82) is 0 Å². The molecule has 0 bridgehead atoms. The topological polar surface area (TPSA) is 72.8 Å². The fourth-order valence-electron chi connectivity index (χ4n) is 3.40. The first-order chi connectivity index (χ1) is 15.5. The molecule has 2 rings (SSSR count). The van der Waals surface area contributed by atoms with Gasteiger partial charge in [-0.15, -0.1) is 0 Å². The normalized spacial score (nSPS) is 11.7. The van der Waals surface area contributed by atoms with Gasteiger partial charge in [0.15, 0.2) is 0 Å². The molecule has 0 amide bonds. The van der Waals surface area contributed by atoms with Gasteiger partial charge in [-0.25, -0.2) is 4.79 Å². The highest BCUT2D eigenvalue weighted by atomic mass is 16.5. The van der Waals surface area contributed by atoms with Crippen molar-refractivity contribution in [3.05, 3.63) is 59.7 Å². The Balaban J connectivity index is 1.66. The zero-order valence-corrected chi connectivity index (χ0v) is 19.3. The summed E-state index contributed by atoms with van der Waals surface area (Å²) in [6.07, 6.45) is 10.7. The van der Waals surface area contributed by atoms with Crippen molar-refractivity contribution in [2.24, 2.45) is 0 Å². The summed E-state index contributed by atoms with van der Waals surface area (Å²) in [6.45, 7) is 3.89. The molecule has 174 valence electrons. The first-order valence-electron chi connectivity index (χ1n) is 11.8. The van der Waals surface area contributed by atoms with Crippen molar-refractivity contribution in [3.63, 3.8) is 0 Å². The molecule has 0 spiro atoms. The first kappa shape index (κ1) is 25.6. The van der Waals surface area contributed by atoms with Gasteiger partial charge in [-0.05, 0) is 55.3 Å². The molecule has 0 saturated heterocycles. The summed E-state index contributed by atoms with van der Waals surface area (Å²) < 4.78 is 10.7. The number of carbonyl (C=O) groups is 2. The molecule has 32 heavy (non-hydrogen) atoms. The number of hydrogen-bond acceptors (Lipinski definition) is 5. The van der Waals surface area contributed by atoms with Gasteiger partial charge in [0, 0.05) is 6.42 Å². The van der Waals surface area contributed by atoms with Gasteiger partial charge in [-0.3, -0.25) is 4.79 Å². The average molecular weight is 441 g/mol. The summed E-state index contributed by atoms with van der Waals surface area (Å²) in [5.41, 5.74) is 1.13. The molecule has 0 aromatic heterocycles. The van der Waals surface area contributed by atoms with E-state index >= 15 is 0 Å². The number of hydrogen-bond donors (Lipinski definition) is 1. The molecular weight excluding hydrogens is 404 g/mol. The van der Waals surface area contributed by atoms with Crippen LogP contribution in [0.5, 0.6) is 11.5 Å². The molecule has 0 aliphatic rings. The van der Waals surface area contributed by atoms with E-state index in [1.54, 1.807) is 55.5 Å². The van der Waals surface area contributed by atoms with E-state index in [4.69, 9.17) is 9.47 Å². The second-order valence-electron chi connectivity index (χ2n) is 8.21. The maximum absolute atomic E-state index is 12.2. The fraction of sp³-hybridized carbons (Fsp3) is 0.481. The van der Waals surface area contributed by atoms with Crippen LogP contribution in [0.3, 0.4) is 0 Å². The minimum absolute atomic E-state index is 0.240. The number of rotatable bonds is 14. The molecule has 0 fully saturated rings. The number of carbonyl (C=O) groups excluding carboxylic acids is 2. The van der Waals surface area contributed by atoms with Gasteiger partial charge in [0.1, 0.15) is 11.5 Å². The maximum atomic E-state index is 12.2. The number of benzene rings is 2. The third kappa shape index (κ3) is 9.65. The second-order valence-corrected chi connectivity index (χ2v) is 8.21. The summed E-state index contributed by atoms with van der Waals surface area (Å²) in [6, 6.07) is 13.1. The molecular formula is C27H36O5. The second kappa shape index (κ2) is 14.4. The van der Waals surface area contributed by atoms with Crippen LogP contribution in [-0.4, -0.2) is 17.0 Å². The molecule has 1 N–H and O–H groups in total. The Morgan fingerprint density at radius 3 is 1.78 bits per heavy atom. The van der Waals surface area contributed by atoms with Gasteiger partial charge in [0.05, 0.1) is 11.7 Å². The molecule has 0 aliphatic carbocycles. The molecule has 0 saturated carbocycles. The van der Waals surface area contributed by atoms with Crippen molar-refractivity contribution in [2.75, 3.05) is 0 Å².